The Hall–Kier alpha value is -1.35. The summed E-state index contributed by atoms with van der Waals surface area (Å²) in [6, 6.07) is 10.2. The van der Waals surface area contributed by atoms with Crippen molar-refractivity contribution < 1.29 is 9.53 Å². The zero-order valence-corrected chi connectivity index (χ0v) is 9.48. The fourth-order valence-corrected chi connectivity index (χ4v) is 2.14. The van der Waals surface area contributed by atoms with Gasteiger partial charge >= 0.3 is 5.97 Å². The van der Waals surface area contributed by atoms with Gasteiger partial charge in [-0.15, -0.1) is 0 Å². The summed E-state index contributed by atoms with van der Waals surface area (Å²) < 4.78 is 5.01. The van der Waals surface area contributed by atoms with Gasteiger partial charge in [-0.1, -0.05) is 30.3 Å². The normalized spacial score (nSPS) is 24.3. The van der Waals surface area contributed by atoms with Crippen LogP contribution < -0.4 is 5.32 Å². The Labute approximate surface area is 95.8 Å². The van der Waals surface area contributed by atoms with Gasteiger partial charge in [0.15, 0.2) is 0 Å². The van der Waals surface area contributed by atoms with Crippen LogP contribution in [0.15, 0.2) is 30.3 Å². The molecule has 0 spiro atoms. The van der Waals surface area contributed by atoms with Gasteiger partial charge in [0.1, 0.15) is 6.04 Å². The summed E-state index contributed by atoms with van der Waals surface area (Å²) >= 11 is 0. The van der Waals surface area contributed by atoms with E-state index < -0.39 is 0 Å². The molecule has 1 saturated heterocycles. The van der Waals surface area contributed by atoms with Gasteiger partial charge in [0.05, 0.1) is 6.61 Å². The van der Waals surface area contributed by atoms with Gasteiger partial charge in [-0.05, 0) is 24.8 Å². The highest BCUT2D eigenvalue weighted by Crippen LogP contribution is 2.25. The number of esters is 1. The Bertz CT molecular complexity index is 350. The third-order valence-corrected chi connectivity index (χ3v) is 2.97. The molecule has 0 saturated carbocycles. The third-order valence-electron chi connectivity index (χ3n) is 2.97. The first-order valence-electron chi connectivity index (χ1n) is 5.76. The first-order valence-corrected chi connectivity index (χ1v) is 5.76. The Balaban J connectivity index is 1.96. The zero-order chi connectivity index (χ0) is 11.4. The summed E-state index contributed by atoms with van der Waals surface area (Å²) in [4.78, 5) is 11.5. The van der Waals surface area contributed by atoms with Crippen LogP contribution in [0, 0.1) is 0 Å². The lowest BCUT2D eigenvalue weighted by Crippen LogP contribution is -2.32. The minimum Gasteiger partial charge on any atom is -0.465 e. The average molecular weight is 219 g/mol. The van der Waals surface area contributed by atoms with E-state index in [1.54, 1.807) is 0 Å². The van der Waals surface area contributed by atoms with E-state index in [0.29, 0.717) is 12.5 Å². The number of rotatable bonds is 3. The second kappa shape index (κ2) is 5.12. The van der Waals surface area contributed by atoms with E-state index >= 15 is 0 Å². The summed E-state index contributed by atoms with van der Waals surface area (Å²) in [5.41, 5.74) is 1.29. The molecule has 0 amide bonds. The molecule has 3 heteroatoms. The van der Waals surface area contributed by atoms with Crippen molar-refractivity contribution >= 4 is 5.97 Å². The second-order valence-corrected chi connectivity index (χ2v) is 4.06. The molecule has 16 heavy (non-hydrogen) atoms. The van der Waals surface area contributed by atoms with E-state index in [1.807, 2.05) is 25.1 Å². The maximum Gasteiger partial charge on any atom is 0.323 e. The number of benzene rings is 1. The van der Waals surface area contributed by atoms with Crippen molar-refractivity contribution in [3.63, 3.8) is 0 Å². The lowest BCUT2D eigenvalue weighted by molar-refractivity contribution is -0.145. The van der Waals surface area contributed by atoms with Crippen LogP contribution in [0.2, 0.25) is 0 Å². The molecule has 0 radical (unpaired) electrons. The topological polar surface area (TPSA) is 38.3 Å². The monoisotopic (exact) mass is 219 g/mol. The molecule has 86 valence electrons. The third kappa shape index (κ3) is 2.42. The fraction of sp³-hybridized carbons (Fsp3) is 0.462. The standard InChI is InChI=1S/C13H17NO2/c1-2-16-13(15)12-8-11(9-14-12)10-6-4-3-5-7-10/h3-7,11-12,14H,2,8-9H2,1H3/t11-,12+/m1/s1. The van der Waals surface area contributed by atoms with Gasteiger partial charge in [-0.2, -0.15) is 0 Å². The molecule has 1 heterocycles. The first kappa shape index (κ1) is 11.1. The van der Waals surface area contributed by atoms with E-state index in [9.17, 15) is 4.79 Å². The van der Waals surface area contributed by atoms with E-state index in [4.69, 9.17) is 4.74 Å². The van der Waals surface area contributed by atoms with Crippen LogP contribution >= 0.6 is 0 Å². The molecule has 0 unspecified atom stereocenters. The molecule has 2 rings (SSSR count). The van der Waals surface area contributed by atoms with Crippen LogP contribution in [0.4, 0.5) is 0 Å². The molecule has 1 aromatic rings. The highest BCUT2D eigenvalue weighted by Gasteiger charge is 2.30. The molecule has 0 aliphatic carbocycles. The van der Waals surface area contributed by atoms with E-state index in [1.165, 1.54) is 5.56 Å². The van der Waals surface area contributed by atoms with Gasteiger partial charge in [-0.3, -0.25) is 4.79 Å². The van der Waals surface area contributed by atoms with E-state index in [-0.39, 0.29) is 12.0 Å². The van der Waals surface area contributed by atoms with Crippen LogP contribution in [-0.4, -0.2) is 25.2 Å². The van der Waals surface area contributed by atoms with Gasteiger partial charge in [-0.25, -0.2) is 0 Å². The van der Waals surface area contributed by atoms with Crippen molar-refractivity contribution in [2.24, 2.45) is 0 Å². The molecule has 1 aromatic carbocycles. The minimum absolute atomic E-state index is 0.124. The number of nitrogens with one attached hydrogen (secondary N) is 1. The van der Waals surface area contributed by atoms with Crippen molar-refractivity contribution in [2.45, 2.75) is 25.3 Å². The summed E-state index contributed by atoms with van der Waals surface area (Å²) in [7, 11) is 0. The molecule has 0 bridgehead atoms. The van der Waals surface area contributed by atoms with Crippen LogP contribution in [0.1, 0.15) is 24.8 Å². The van der Waals surface area contributed by atoms with E-state index in [0.717, 1.165) is 13.0 Å². The molecule has 1 N–H and O–H groups in total. The Morgan fingerprint density at radius 3 is 2.88 bits per heavy atom. The number of hydrogen-bond donors (Lipinski definition) is 1. The van der Waals surface area contributed by atoms with Crippen LogP contribution in [-0.2, 0) is 9.53 Å². The van der Waals surface area contributed by atoms with Crippen molar-refractivity contribution in [3.05, 3.63) is 35.9 Å². The maximum atomic E-state index is 11.5. The molecule has 1 aliphatic heterocycles. The molecular weight excluding hydrogens is 202 g/mol. The quantitative estimate of drug-likeness (QED) is 0.786. The predicted octanol–water partition coefficient (Wildman–Crippen LogP) is 1.70. The summed E-state index contributed by atoms with van der Waals surface area (Å²) in [5, 5.41) is 3.22. The molecular formula is C13H17NO2. The van der Waals surface area contributed by atoms with Gasteiger partial charge in [0.25, 0.3) is 0 Å². The van der Waals surface area contributed by atoms with Crippen LogP contribution in [0.5, 0.6) is 0 Å². The minimum atomic E-state index is -0.134. The first-order chi connectivity index (χ1) is 7.81. The molecule has 0 aromatic heterocycles. The predicted molar refractivity (Wildman–Crippen MR) is 62.2 cm³/mol. The van der Waals surface area contributed by atoms with Crippen molar-refractivity contribution in [1.29, 1.82) is 0 Å². The second-order valence-electron chi connectivity index (χ2n) is 4.06. The largest absolute Gasteiger partial charge is 0.465 e. The highest BCUT2D eigenvalue weighted by atomic mass is 16.5. The van der Waals surface area contributed by atoms with E-state index in [2.05, 4.69) is 17.4 Å². The molecule has 3 nitrogen and oxygen atoms in total. The molecule has 1 fully saturated rings. The SMILES string of the molecule is CCOC(=O)[C@@H]1C[C@@H](c2ccccc2)CN1. The highest BCUT2D eigenvalue weighted by molar-refractivity contribution is 5.76. The van der Waals surface area contributed by atoms with Gasteiger partial charge in [0, 0.05) is 6.54 Å². The smallest absolute Gasteiger partial charge is 0.323 e. The van der Waals surface area contributed by atoms with Crippen LogP contribution in [0.25, 0.3) is 0 Å². The summed E-state index contributed by atoms with van der Waals surface area (Å²) in [6.07, 6.45) is 0.836. The Morgan fingerprint density at radius 2 is 2.19 bits per heavy atom. The average Bonchev–Trinajstić information content (AvgIpc) is 2.80. The fourth-order valence-electron chi connectivity index (χ4n) is 2.14. The Kier molecular flexibility index (Phi) is 3.57. The van der Waals surface area contributed by atoms with Crippen LogP contribution in [0.3, 0.4) is 0 Å². The summed E-state index contributed by atoms with van der Waals surface area (Å²) in [5.74, 6) is 0.302. The number of ether oxygens (including phenoxy) is 1. The van der Waals surface area contributed by atoms with Gasteiger partial charge in [0.2, 0.25) is 0 Å². The molecule has 1 aliphatic rings. The summed E-state index contributed by atoms with van der Waals surface area (Å²) in [6.45, 7) is 3.14. The Morgan fingerprint density at radius 1 is 1.44 bits per heavy atom. The maximum absolute atomic E-state index is 11.5. The number of carbonyl (C=O) groups is 1. The molecule has 2 atom stereocenters. The van der Waals surface area contributed by atoms with Gasteiger partial charge < -0.3 is 10.1 Å². The zero-order valence-electron chi connectivity index (χ0n) is 9.48. The lowest BCUT2D eigenvalue weighted by atomic mass is 9.96. The van der Waals surface area contributed by atoms with Crippen molar-refractivity contribution in [1.82, 2.24) is 5.32 Å². The van der Waals surface area contributed by atoms with Crippen molar-refractivity contribution in [2.75, 3.05) is 13.2 Å². The lowest BCUT2D eigenvalue weighted by Gasteiger charge is -2.09. The number of hydrogen-bond acceptors (Lipinski definition) is 3. The van der Waals surface area contributed by atoms with Crippen molar-refractivity contribution in [3.8, 4) is 0 Å². The number of carbonyl (C=O) groups excluding carboxylic acids is 1.